The lowest BCUT2D eigenvalue weighted by Gasteiger charge is -2.26. The van der Waals surface area contributed by atoms with Gasteiger partial charge < -0.3 is 20.3 Å². The van der Waals surface area contributed by atoms with Gasteiger partial charge in [0.2, 0.25) is 0 Å². The molecule has 0 aromatic heterocycles. The highest BCUT2D eigenvalue weighted by Crippen LogP contribution is 2.43. The summed E-state index contributed by atoms with van der Waals surface area (Å²) in [5.74, 6) is -0.523. The third-order valence-corrected chi connectivity index (χ3v) is 7.93. The minimum Gasteiger partial charge on any atom is -0.481 e. The molecular formula is C33H31Br2NO5. The number of carbonyl (C=O) groups is 2. The number of ether oxygens (including phenoxy) is 1. The van der Waals surface area contributed by atoms with Crippen LogP contribution in [0.4, 0.5) is 5.69 Å². The maximum atomic E-state index is 11.7. The molecule has 0 saturated carbocycles. The SMILES string of the molecule is Cc1cccc(C(Nc2cccc(C(=O)O)c2)c2cc(C)c(C(C)C)cc2Oc2c(Br)cc(CC(=O)O)cc2Br)c1. The predicted molar refractivity (Wildman–Crippen MR) is 169 cm³/mol. The van der Waals surface area contributed by atoms with Crippen LogP contribution in [-0.4, -0.2) is 22.2 Å². The lowest BCUT2D eigenvalue weighted by atomic mass is 9.90. The Kier molecular flexibility index (Phi) is 9.56. The van der Waals surface area contributed by atoms with Gasteiger partial charge in [-0.25, -0.2) is 4.79 Å². The molecule has 41 heavy (non-hydrogen) atoms. The second-order valence-electron chi connectivity index (χ2n) is 10.3. The van der Waals surface area contributed by atoms with Crippen LogP contribution in [-0.2, 0) is 11.2 Å². The Balaban J connectivity index is 1.89. The van der Waals surface area contributed by atoms with Gasteiger partial charge in [-0.3, -0.25) is 4.79 Å². The summed E-state index contributed by atoms with van der Waals surface area (Å²) in [5, 5.41) is 22.4. The summed E-state index contributed by atoms with van der Waals surface area (Å²) in [7, 11) is 0. The fraction of sp³-hybridized carbons (Fsp3) is 0.212. The first-order valence-corrected chi connectivity index (χ1v) is 14.7. The Bertz CT molecular complexity index is 1590. The van der Waals surface area contributed by atoms with Gasteiger partial charge in [-0.15, -0.1) is 0 Å². The lowest BCUT2D eigenvalue weighted by Crippen LogP contribution is -2.15. The Morgan fingerprint density at radius 3 is 2.17 bits per heavy atom. The maximum absolute atomic E-state index is 11.7. The zero-order chi connectivity index (χ0) is 29.8. The summed E-state index contributed by atoms with van der Waals surface area (Å²) in [6, 6.07) is 22.2. The second-order valence-corrected chi connectivity index (χ2v) is 12.0. The number of aromatic carboxylic acids is 1. The molecule has 0 radical (unpaired) electrons. The van der Waals surface area contributed by atoms with Gasteiger partial charge in [0.05, 0.1) is 27.0 Å². The van der Waals surface area contributed by atoms with Crippen LogP contribution in [0.5, 0.6) is 11.5 Å². The van der Waals surface area contributed by atoms with Gasteiger partial charge in [-0.2, -0.15) is 0 Å². The van der Waals surface area contributed by atoms with Crippen LogP contribution in [0.3, 0.4) is 0 Å². The van der Waals surface area contributed by atoms with Crippen molar-refractivity contribution in [1.82, 2.24) is 0 Å². The number of halogens is 2. The average molecular weight is 681 g/mol. The number of benzene rings is 4. The van der Waals surface area contributed by atoms with E-state index in [0.29, 0.717) is 31.7 Å². The molecule has 0 saturated heterocycles. The molecule has 1 unspecified atom stereocenters. The number of rotatable bonds is 10. The van der Waals surface area contributed by atoms with E-state index < -0.39 is 11.9 Å². The maximum Gasteiger partial charge on any atom is 0.335 e. The molecule has 0 heterocycles. The van der Waals surface area contributed by atoms with Gasteiger partial charge in [-0.1, -0.05) is 49.7 Å². The summed E-state index contributed by atoms with van der Waals surface area (Å²) in [4.78, 5) is 23.0. The largest absolute Gasteiger partial charge is 0.481 e. The van der Waals surface area contributed by atoms with Gasteiger partial charge in [0.25, 0.3) is 0 Å². The van der Waals surface area contributed by atoms with Crippen molar-refractivity contribution < 1.29 is 24.5 Å². The smallest absolute Gasteiger partial charge is 0.335 e. The molecule has 0 aliphatic rings. The zero-order valence-corrected chi connectivity index (χ0v) is 26.3. The van der Waals surface area contributed by atoms with Crippen LogP contribution in [0.1, 0.15) is 69.5 Å². The number of carboxylic acids is 2. The van der Waals surface area contributed by atoms with Crippen LogP contribution in [0.2, 0.25) is 0 Å². The summed E-state index contributed by atoms with van der Waals surface area (Å²) in [6.45, 7) is 8.37. The topological polar surface area (TPSA) is 95.9 Å². The number of aryl methyl sites for hydroxylation is 2. The van der Waals surface area contributed by atoms with E-state index >= 15 is 0 Å². The van der Waals surface area contributed by atoms with Gasteiger partial charge in [-0.05, 0) is 116 Å². The Morgan fingerprint density at radius 2 is 1.56 bits per heavy atom. The molecular weight excluding hydrogens is 650 g/mol. The molecule has 0 bridgehead atoms. The summed E-state index contributed by atoms with van der Waals surface area (Å²) < 4.78 is 7.87. The number of aliphatic carboxylic acids is 1. The van der Waals surface area contributed by atoms with Crippen molar-refractivity contribution >= 4 is 49.5 Å². The van der Waals surface area contributed by atoms with E-state index in [-0.39, 0.29) is 23.9 Å². The number of anilines is 1. The van der Waals surface area contributed by atoms with Crippen LogP contribution in [0.15, 0.2) is 81.7 Å². The molecule has 0 fully saturated rings. The number of hydrogen-bond acceptors (Lipinski definition) is 4. The Hall–Kier alpha value is -3.62. The molecule has 0 amide bonds. The molecule has 4 rings (SSSR count). The van der Waals surface area contributed by atoms with Crippen molar-refractivity contribution in [2.45, 2.75) is 46.1 Å². The molecule has 8 heteroatoms. The third kappa shape index (κ3) is 7.37. The molecule has 4 aromatic rings. The molecule has 0 aliphatic carbocycles. The highest BCUT2D eigenvalue weighted by atomic mass is 79.9. The first-order valence-electron chi connectivity index (χ1n) is 13.1. The quantitative estimate of drug-likeness (QED) is 0.155. The van der Waals surface area contributed by atoms with Crippen molar-refractivity contribution in [3.8, 4) is 11.5 Å². The van der Waals surface area contributed by atoms with E-state index in [1.165, 1.54) is 0 Å². The summed E-state index contributed by atoms with van der Waals surface area (Å²) >= 11 is 7.16. The fourth-order valence-electron chi connectivity index (χ4n) is 4.86. The predicted octanol–water partition coefficient (Wildman–Crippen LogP) is 9.27. The van der Waals surface area contributed by atoms with Gasteiger partial charge in [0.1, 0.15) is 5.75 Å². The van der Waals surface area contributed by atoms with Crippen molar-refractivity contribution in [3.63, 3.8) is 0 Å². The normalized spacial score (nSPS) is 11.8. The molecule has 4 aromatic carbocycles. The van der Waals surface area contributed by atoms with E-state index in [1.807, 2.05) is 31.2 Å². The van der Waals surface area contributed by atoms with Crippen molar-refractivity contribution in [2.75, 3.05) is 5.32 Å². The molecule has 3 N–H and O–H groups in total. The molecule has 212 valence electrons. The van der Waals surface area contributed by atoms with Crippen molar-refractivity contribution in [3.05, 3.63) is 121 Å². The van der Waals surface area contributed by atoms with E-state index in [1.54, 1.807) is 30.3 Å². The zero-order valence-electron chi connectivity index (χ0n) is 23.2. The van der Waals surface area contributed by atoms with E-state index in [2.05, 4.69) is 76.1 Å². The lowest BCUT2D eigenvalue weighted by molar-refractivity contribution is -0.136. The molecule has 6 nitrogen and oxygen atoms in total. The van der Waals surface area contributed by atoms with E-state index in [0.717, 1.165) is 27.8 Å². The van der Waals surface area contributed by atoms with Gasteiger partial charge in [0.15, 0.2) is 5.75 Å². The highest BCUT2D eigenvalue weighted by Gasteiger charge is 2.24. The summed E-state index contributed by atoms with van der Waals surface area (Å²) in [5.41, 5.74) is 6.67. The standard InChI is InChI=1S/C33H31Br2NO5/c1-18(2)25-17-29(41-32-27(34)13-21(14-28(32)35)15-30(37)38)26(12-20(25)4)31(22-8-5-7-19(3)11-22)36-24-10-6-9-23(16-24)33(39)40/h5-14,16-18,31,36H,15H2,1-4H3,(H,37,38)(H,39,40). The van der Waals surface area contributed by atoms with Gasteiger partial charge in [0, 0.05) is 11.3 Å². The van der Waals surface area contributed by atoms with Crippen LogP contribution in [0, 0.1) is 13.8 Å². The minimum absolute atomic E-state index is 0.112. The number of carboxylic acid groups (broad SMARTS) is 2. The number of hydrogen-bond donors (Lipinski definition) is 3. The average Bonchev–Trinajstić information content (AvgIpc) is 2.89. The van der Waals surface area contributed by atoms with E-state index in [9.17, 15) is 19.8 Å². The Morgan fingerprint density at radius 1 is 0.878 bits per heavy atom. The van der Waals surface area contributed by atoms with Crippen LogP contribution >= 0.6 is 31.9 Å². The first-order chi connectivity index (χ1) is 19.4. The summed E-state index contributed by atoms with van der Waals surface area (Å²) in [6.07, 6.45) is -0.112. The number of nitrogens with one attached hydrogen (secondary N) is 1. The highest BCUT2D eigenvalue weighted by molar-refractivity contribution is 9.11. The Labute approximate surface area is 256 Å². The first kappa shape index (κ1) is 30.3. The minimum atomic E-state index is -0.997. The van der Waals surface area contributed by atoms with Crippen molar-refractivity contribution in [2.24, 2.45) is 0 Å². The van der Waals surface area contributed by atoms with E-state index in [4.69, 9.17) is 4.74 Å². The van der Waals surface area contributed by atoms with Gasteiger partial charge >= 0.3 is 11.9 Å². The molecule has 1 atom stereocenters. The monoisotopic (exact) mass is 679 g/mol. The fourth-order valence-corrected chi connectivity index (χ4v) is 6.30. The molecule has 0 spiro atoms. The van der Waals surface area contributed by atoms with Crippen LogP contribution < -0.4 is 10.1 Å². The third-order valence-electron chi connectivity index (χ3n) is 6.75. The molecule has 0 aliphatic heterocycles. The van der Waals surface area contributed by atoms with Crippen LogP contribution in [0.25, 0.3) is 0 Å². The second kappa shape index (κ2) is 12.9. The van der Waals surface area contributed by atoms with Crippen molar-refractivity contribution in [1.29, 1.82) is 0 Å².